The van der Waals surface area contributed by atoms with E-state index in [0.717, 1.165) is 42.4 Å². The summed E-state index contributed by atoms with van der Waals surface area (Å²) in [4.78, 5) is 21.3. The average Bonchev–Trinajstić information content (AvgIpc) is 3.43. The van der Waals surface area contributed by atoms with Crippen LogP contribution in [-0.2, 0) is 9.53 Å². The van der Waals surface area contributed by atoms with Gasteiger partial charge in [-0.2, -0.15) is 0 Å². The van der Waals surface area contributed by atoms with Crippen molar-refractivity contribution in [3.63, 3.8) is 0 Å². The number of carbonyl (C=O) groups excluding carboxylic acids is 1. The summed E-state index contributed by atoms with van der Waals surface area (Å²) in [5, 5.41) is 3.09. The number of benzene rings is 1. The highest BCUT2D eigenvalue weighted by atomic mass is 32.2. The zero-order valence-electron chi connectivity index (χ0n) is 15.5. The van der Waals surface area contributed by atoms with Crippen LogP contribution in [0.3, 0.4) is 0 Å². The van der Waals surface area contributed by atoms with Crippen molar-refractivity contribution in [2.24, 2.45) is 11.3 Å². The SMILES string of the molecule is CSc1ccccc1-c1csc([C@H]2CN(C(=O)C34CCC(C3)C4)CCO2)n1. The van der Waals surface area contributed by atoms with Gasteiger partial charge < -0.3 is 9.64 Å². The Kier molecular flexibility index (Phi) is 4.53. The minimum atomic E-state index is -0.100. The second kappa shape index (κ2) is 6.90. The smallest absolute Gasteiger partial charge is 0.228 e. The zero-order chi connectivity index (χ0) is 18.4. The number of aromatic nitrogens is 1. The van der Waals surface area contributed by atoms with E-state index in [2.05, 4.69) is 35.9 Å². The van der Waals surface area contributed by atoms with Gasteiger partial charge in [0.05, 0.1) is 18.8 Å². The Labute approximate surface area is 168 Å². The summed E-state index contributed by atoms with van der Waals surface area (Å²) in [6.45, 7) is 1.96. The number of nitrogens with zero attached hydrogens (tertiary/aromatic N) is 2. The topological polar surface area (TPSA) is 42.4 Å². The molecular weight excluding hydrogens is 376 g/mol. The van der Waals surface area contributed by atoms with Crippen LogP contribution in [-0.4, -0.2) is 41.7 Å². The van der Waals surface area contributed by atoms with E-state index in [1.54, 1.807) is 23.1 Å². The molecule has 3 saturated carbocycles. The molecule has 2 bridgehead atoms. The standard InChI is InChI=1S/C21H24N2O2S2/c1-26-18-5-3-2-4-15(18)16-13-27-19(22-16)17-12-23(8-9-25-17)20(24)21-7-6-14(10-21)11-21/h2-5,13-14,17H,6-12H2,1H3/t14?,17-,21?/m1/s1. The van der Waals surface area contributed by atoms with Crippen LogP contribution in [0.15, 0.2) is 34.5 Å². The highest BCUT2D eigenvalue weighted by Crippen LogP contribution is 2.59. The lowest BCUT2D eigenvalue weighted by molar-refractivity contribution is -0.154. The number of carbonyl (C=O) groups is 1. The quantitative estimate of drug-likeness (QED) is 0.702. The molecule has 0 N–H and O–H groups in total. The van der Waals surface area contributed by atoms with Gasteiger partial charge in [0.2, 0.25) is 5.91 Å². The van der Waals surface area contributed by atoms with Crippen molar-refractivity contribution in [1.29, 1.82) is 0 Å². The number of fused-ring (bicyclic) bond motifs is 1. The van der Waals surface area contributed by atoms with Crippen molar-refractivity contribution in [3.8, 4) is 11.3 Å². The Morgan fingerprint density at radius 2 is 2.22 bits per heavy atom. The third-order valence-corrected chi connectivity index (χ3v) is 8.11. The first-order chi connectivity index (χ1) is 13.2. The third-order valence-electron chi connectivity index (χ3n) is 6.38. The molecule has 1 amide bonds. The fourth-order valence-electron chi connectivity index (χ4n) is 4.95. The monoisotopic (exact) mass is 400 g/mol. The van der Waals surface area contributed by atoms with Crippen molar-refractivity contribution in [1.82, 2.24) is 9.88 Å². The largest absolute Gasteiger partial charge is 0.367 e. The van der Waals surface area contributed by atoms with Gasteiger partial charge >= 0.3 is 0 Å². The molecular formula is C21H24N2O2S2. The number of hydrogen-bond donors (Lipinski definition) is 0. The maximum Gasteiger partial charge on any atom is 0.228 e. The number of morpholine rings is 1. The van der Waals surface area contributed by atoms with Crippen LogP contribution in [0.5, 0.6) is 0 Å². The average molecular weight is 401 g/mol. The minimum absolute atomic E-state index is 0.0299. The van der Waals surface area contributed by atoms with Gasteiger partial charge in [-0.15, -0.1) is 23.1 Å². The molecule has 2 aromatic rings. The fourth-order valence-corrected chi connectivity index (χ4v) is 6.41. The third kappa shape index (κ3) is 3.02. The second-order valence-electron chi connectivity index (χ2n) is 7.98. The van der Waals surface area contributed by atoms with Crippen molar-refractivity contribution in [2.75, 3.05) is 26.0 Å². The minimum Gasteiger partial charge on any atom is -0.367 e. The van der Waals surface area contributed by atoms with E-state index in [1.807, 2.05) is 4.90 Å². The number of thioether (sulfide) groups is 1. The van der Waals surface area contributed by atoms with E-state index >= 15 is 0 Å². The molecule has 0 radical (unpaired) electrons. The second-order valence-corrected chi connectivity index (χ2v) is 9.71. The van der Waals surface area contributed by atoms with E-state index in [9.17, 15) is 4.79 Å². The molecule has 27 heavy (non-hydrogen) atoms. The van der Waals surface area contributed by atoms with Crippen molar-refractivity contribution in [3.05, 3.63) is 34.7 Å². The Hall–Kier alpha value is -1.37. The van der Waals surface area contributed by atoms with Crippen LogP contribution < -0.4 is 0 Å². The highest BCUT2D eigenvalue weighted by molar-refractivity contribution is 7.98. The lowest BCUT2D eigenvalue weighted by Gasteiger charge is -2.43. The van der Waals surface area contributed by atoms with E-state index in [-0.39, 0.29) is 11.5 Å². The molecule has 6 rings (SSSR count). The molecule has 1 aliphatic heterocycles. The molecule has 0 spiro atoms. The maximum atomic E-state index is 13.1. The summed E-state index contributed by atoms with van der Waals surface area (Å²) in [6.07, 6.45) is 6.54. The number of hydrogen-bond acceptors (Lipinski definition) is 5. The van der Waals surface area contributed by atoms with E-state index < -0.39 is 0 Å². The number of amides is 1. The first-order valence-corrected chi connectivity index (χ1v) is 11.8. The molecule has 0 unspecified atom stereocenters. The van der Waals surface area contributed by atoms with Crippen LogP contribution in [0.1, 0.15) is 36.8 Å². The van der Waals surface area contributed by atoms with Gasteiger partial charge in [0.25, 0.3) is 0 Å². The van der Waals surface area contributed by atoms with Crippen molar-refractivity contribution < 1.29 is 9.53 Å². The molecule has 2 heterocycles. The number of thiazole rings is 1. The zero-order valence-corrected chi connectivity index (χ0v) is 17.2. The van der Waals surface area contributed by atoms with Crippen LogP contribution in [0.4, 0.5) is 0 Å². The van der Waals surface area contributed by atoms with Gasteiger partial charge in [0.1, 0.15) is 11.1 Å². The Balaban J connectivity index is 1.33. The molecule has 4 fully saturated rings. The fraction of sp³-hybridized carbons (Fsp3) is 0.524. The summed E-state index contributed by atoms with van der Waals surface area (Å²) in [5.74, 6) is 1.18. The predicted molar refractivity (Wildman–Crippen MR) is 109 cm³/mol. The Bertz CT molecular complexity index is 854. The lowest BCUT2D eigenvalue weighted by atomic mass is 9.68. The van der Waals surface area contributed by atoms with Crippen molar-refractivity contribution >= 4 is 29.0 Å². The summed E-state index contributed by atoms with van der Waals surface area (Å²) < 4.78 is 6.01. The van der Waals surface area contributed by atoms with Crippen LogP contribution >= 0.6 is 23.1 Å². The highest BCUT2D eigenvalue weighted by Gasteiger charge is 2.56. The molecule has 4 nitrogen and oxygen atoms in total. The van der Waals surface area contributed by atoms with Gasteiger partial charge in [-0.1, -0.05) is 18.2 Å². The molecule has 3 aliphatic carbocycles. The van der Waals surface area contributed by atoms with Gasteiger partial charge in [-0.25, -0.2) is 4.98 Å². The van der Waals surface area contributed by atoms with Crippen LogP contribution in [0.25, 0.3) is 11.3 Å². The summed E-state index contributed by atoms with van der Waals surface area (Å²) >= 11 is 3.38. The van der Waals surface area contributed by atoms with Crippen LogP contribution in [0, 0.1) is 11.3 Å². The molecule has 1 atom stereocenters. The van der Waals surface area contributed by atoms with E-state index in [0.29, 0.717) is 19.1 Å². The first-order valence-electron chi connectivity index (χ1n) is 9.68. The predicted octanol–water partition coefficient (Wildman–Crippen LogP) is 4.62. The molecule has 4 aliphatic rings. The number of ether oxygens (including phenoxy) is 1. The summed E-state index contributed by atoms with van der Waals surface area (Å²) in [6, 6.07) is 8.36. The Morgan fingerprint density at radius 1 is 1.37 bits per heavy atom. The van der Waals surface area contributed by atoms with Gasteiger partial charge in [-0.05, 0) is 43.9 Å². The first kappa shape index (κ1) is 17.7. The van der Waals surface area contributed by atoms with E-state index in [4.69, 9.17) is 9.72 Å². The van der Waals surface area contributed by atoms with Gasteiger partial charge in [-0.3, -0.25) is 4.79 Å². The van der Waals surface area contributed by atoms with E-state index in [1.165, 1.54) is 16.9 Å². The maximum absolute atomic E-state index is 13.1. The molecule has 6 heteroatoms. The van der Waals surface area contributed by atoms with Gasteiger partial charge in [0, 0.05) is 27.8 Å². The van der Waals surface area contributed by atoms with Crippen molar-refractivity contribution in [2.45, 2.75) is 36.7 Å². The normalized spacial score (nSPS) is 29.6. The molecule has 142 valence electrons. The Morgan fingerprint density at radius 3 is 3.00 bits per heavy atom. The van der Waals surface area contributed by atoms with Crippen LogP contribution in [0.2, 0.25) is 0 Å². The summed E-state index contributed by atoms with van der Waals surface area (Å²) in [5.41, 5.74) is 2.14. The molecule has 1 aromatic carbocycles. The molecule has 1 saturated heterocycles. The summed E-state index contributed by atoms with van der Waals surface area (Å²) in [7, 11) is 0. The lowest BCUT2D eigenvalue weighted by Crippen LogP contribution is -2.51. The molecule has 1 aromatic heterocycles. The van der Waals surface area contributed by atoms with Gasteiger partial charge in [0.15, 0.2) is 0 Å². The number of rotatable bonds is 4.